The number of nitrogens with zero attached hydrogens (tertiary/aromatic N) is 2. The van der Waals surface area contributed by atoms with Gasteiger partial charge >= 0.3 is 0 Å². The van der Waals surface area contributed by atoms with Crippen molar-refractivity contribution in [2.24, 2.45) is 0 Å². The van der Waals surface area contributed by atoms with Crippen LogP contribution in [0.5, 0.6) is 17.2 Å². The quantitative estimate of drug-likeness (QED) is 0.434. The summed E-state index contributed by atoms with van der Waals surface area (Å²) in [6.07, 6.45) is 0. The van der Waals surface area contributed by atoms with Crippen LogP contribution in [0.2, 0.25) is 0 Å². The molecule has 1 N–H and O–H groups in total. The van der Waals surface area contributed by atoms with E-state index in [4.69, 9.17) is 14.2 Å². The second kappa shape index (κ2) is 11.6. The van der Waals surface area contributed by atoms with E-state index in [-0.39, 0.29) is 36.9 Å². The van der Waals surface area contributed by atoms with Gasteiger partial charge in [-0.15, -0.1) is 0 Å². The minimum atomic E-state index is -0.367. The molecule has 0 aliphatic heterocycles. The fraction of sp³-hybridized carbons (Fsp3) is 0.280. The lowest BCUT2D eigenvalue weighted by Crippen LogP contribution is -2.34. The number of Topliss-reactive ketones (excluding diaryl/α,β-unsaturated/α-hetero) is 1. The molecule has 0 aliphatic rings. The Morgan fingerprint density at radius 2 is 1.76 bits per heavy atom. The van der Waals surface area contributed by atoms with Crippen LogP contribution in [0, 0.1) is 0 Å². The number of amides is 1. The Kier molecular flexibility index (Phi) is 8.39. The molecule has 0 spiro atoms. The van der Waals surface area contributed by atoms with Crippen molar-refractivity contribution >= 4 is 11.7 Å². The highest BCUT2D eigenvalue weighted by Crippen LogP contribution is 2.28. The normalized spacial score (nSPS) is 10.4. The zero-order valence-electron chi connectivity index (χ0n) is 19.4. The Labute approximate surface area is 197 Å². The summed E-state index contributed by atoms with van der Waals surface area (Å²) in [6.45, 7) is 4.11. The largest absolute Gasteiger partial charge is 0.494 e. The highest BCUT2D eigenvalue weighted by molar-refractivity contribution is 5.94. The number of carbonyl (C=O) groups excluding carboxylic acids is 2. The molecule has 178 valence electrons. The molecule has 3 rings (SSSR count). The minimum Gasteiger partial charge on any atom is -0.494 e. The molecule has 3 aromatic rings. The molecular formula is C25H27N3O6. The second-order valence-electron chi connectivity index (χ2n) is 7.30. The average Bonchev–Trinajstić information content (AvgIpc) is 2.84. The van der Waals surface area contributed by atoms with Crippen LogP contribution in [-0.2, 0) is 11.3 Å². The van der Waals surface area contributed by atoms with Crippen LogP contribution in [0.25, 0.3) is 11.3 Å². The van der Waals surface area contributed by atoms with Crippen LogP contribution in [0.4, 0.5) is 0 Å². The summed E-state index contributed by atoms with van der Waals surface area (Å²) < 4.78 is 17.5. The molecule has 1 heterocycles. The third kappa shape index (κ3) is 6.44. The van der Waals surface area contributed by atoms with E-state index < -0.39 is 0 Å². The van der Waals surface area contributed by atoms with Crippen molar-refractivity contribution in [2.75, 3.05) is 26.9 Å². The maximum atomic E-state index is 12.2. The Bertz CT molecular complexity index is 1200. The second-order valence-corrected chi connectivity index (χ2v) is 7.30. The highest BCUT2D eigenvalue weighted by atomic mass is 16.5. The topological polar surface area (TPSA) is 109 Å². The van der Waals surface area contributed by atoms with Gasteiger partial charge in [-0.1, -0.05) is 0 Å². The van der Waals surface area contributed by atoms with Gasteiger partial charge < -0.3 is 19.5 Å². The minimum absolute atomic E-state index is 0.0990. The molecule has 0 saturated heterocycles. The molecule has 0 aliphatic carbocycles. The molecule has 0 fully saturated rings. The molecular weight excluding hydrogens is 438 g/mol. The van der Waals surface area contributed by atoms with Gasteiger partial charge in [-0.2, -0.15) is 5.10 Å². The van der Waals surface area contributed by atoms with Gasteiger partial charge in [0, 0.05) is 23.7 Å². The maximum Gasteiger partial charge on any atom is 0.266 e. The fourth-order valence-corrected chi connectivity index (χ4v) is 3.15. The van der Waals surface area contributed by atoms with E-state index in [1.165, 1.54) is 24.8 Å². The number of aromatic nitrogens is 2. The summed E-state index contributed by atoms with van der Waals surface area (Å²) in [6, 6.07) is 15.3. The van der Waals surface area contributed by atoms with E-state index in [1.54, 1.807) is 24.3 Å². The third-order valence-electron chi connectivity index (χ3n) is 4.90. The number of hydrogen-bond donors (Lipinski definition) is 1. The van der Waals surface area contributed by atoms with Gasteiger partial charge in [-0.05, 0) is 62.4 Å². The first kappa shape index (κ1) is 24.5. The number of benzene rings is 2. The first-order valence-corrected chi connectivity index (χ1v) is 10.8. The van der Waals surface area contributed by atoms with Crippen molar-refractivity contribution in [2.45, 2.75) is 20.4 Å². The molecule has 2 aromatic carbocycles. The first-order chi connectivity index (χ1) is 16.4. The Balaban J connectivity index is 1.55. The SMILES string of the molecule is CCOc1ccc(-c2ccc(=O)n(CCNC(=O)COc3ccc(C(C)=O)cc3OC)n2)cc1. The van der Waals surface area contributed by atoms with Gasteiger partial charge in [0.05, 0.1) is 26.0 Å². The Hall–Kier alpha value is -4.14. The fourth-order valence-electron chi connectivity index (χ4n) is 3.15. The van der Waals surface area contributed by atoms with Gasteiger partial charge in [-0.3, -0.25) is 14.4 Å². The van der Waals surface area contributed by atoms with Crippen LogP contribution in [-0.4, -0.2) is 48.3 Å². The van der Waals surface area contributed by atoms with Gasteiger partial charge in [-0.25, -0.2) is 4.68 Å². The lowest BCUT2D eigenvalue weighted by atomic mass is 10.1. The van der Waals surface area contributed by atoms with Crippen molar-refractivity contribution < 1.29 is 23.8 Å². The van der Waals surface area contributed by atoms with Crippen LogP contribution in [0.15, 0.2) is 59.4 Å². The van der Waals surface area contributed by atoms with Gasteiger partial charge in [0.25, 0.3) is 11.5 Å². The molecule has 9 nitrogen and oxygen atoms in total. The molecule has 1 amide bonds. The van der Waals surface area contributed by atoms with E-state index in [0.29, 0.717) is 29.4 Å². The zero-order valence-corrected chi connectivity index (χ0v) is 19.4. The summed E-state index contributed by atoms with van der Waals surface area (Å²) in [5.41, 5.74) is 1.70. The van der Waals surface area contributed by atoms with Crippen LogP contribution in [0.1, 0.15) is 24.2 Å². The molecule has 0 bridgehead atoms. The van der Waals surface area contributed by atoms with Crippen molar-refractivity contribution in [1.82, 2.24) is 15.1 Å². The number of hydrogen-bond acceptors (Lipinski definition) is 7. The molecule has 0 radical (unpaired) electrons. The van der Waals surface area contributed by atoms with Crippen LogP contribution >= 0.6 is 0 Å². The Morgan fingerprint density at radius 3 is 2.44 bits per heavy atom. The van der Waals surface area contributed by atoms with E-state index in [2.05, 4.69) is 10.4 Å². The van der Waals surface area contributed by atoms with Gasteiger partial charge in [0.2, 0.25) is 0 Å². The standard InChI is InChI=1S/C25H27N3O6/c1-4-33-20-8-5-18(6-9-20)21-10-12-25(31)28(27-21)14-13-26-24(30)16-34-22-11-7-19(17(2)29)15-23(22)32-3/h5-12,15H,4,13-14,16H2,1-3H3,(H,26,30). The summed E-state index contributed by atoms with van der Waals surface area (Å²) in [7, 11) is 1.46. The molecule has 34 heavy (non-hydrogen) atoms. The number of methoxy groups -OCH3 is 1. The maximum absolute atomic E-state index is 12.2. The number of ether oxygens (including phenoxy) is 3. The van der Waals surface area contributed by atoms with Gasteiger partial charge in [0.15, 0.2) is 23.9 Å². The molecule has 0 saturated carbocycles. The Morgan fingerprint density at radius 1 is 1.00 bits per heavy atom. The van der Waals surface area contributed by atoms with E-state index in [0.717, 1.165) is 11.3 Å². The van der Waals surface area contributed by atoms with E-state index in [9.17, 15) is 14.4 Å². The van der Waals surface area contributed by atoms with Crippen molar-refractivity contribution in [3.05, 3.63) is 70.5 Å². The highest BCUT2D eigenvalue weighted by Gasteiger charge is 2.11. The number of nitrogens with one attached hydrogen (secondary N) is 1. The summed E-state index contributed by atoms with van der Waals surface area (Å²) in [4.78, 5) is 35.9. The van der Waals surface area contributed by atoms with E-state index in [1.807, 2.05) is 31.2 Å². The van der Waals surface area contributed by atoms with Crippen molar-refractivity contribution in [3.63, 3.8) is 0 Å². The lowest BCUT2D eigenvalue weighted by Gasteiger charge is -2.12. The summed E-state index contributed by atoms with van der Waals surface area (Å²) in [5.74, 6) is 1.01. The zero-order chi connectivity index (χ0) is 24.5. The van der Waals surface area contributed by atoms with E-state index >= 15 is 0 Å². The first-order valence-electron chi connectivity index (χ1n) is 10.8. The predicted octanol–water partition coefficient (Wildman–Crippen LogP) is 2.72. The van der Waals surface area contributed by atoms with Gasteiger partial charge in [0.1, 0.15) is 5.75 Å². The summed E-state index contributed by atoms with van der Waals surface area (Å²) >= 11 is 0. The van der Waals surface area contributed by atoms with Crippen molar-refractivity contribution in [3.8, 4) is 28.5 Å². The molecule has 0 atom stereocenters. The average molecular weight is 466 g/mol. The smallest absolute Gasteiger partial charge is 0.266 e. The molecule has 1 aromatic heterocycles. The van der Waals surface area contributed by atoms with Crippen molar-refractivity contribution in [1.29, 1.82) is 0 Å². The van der Waals surface area contributed by atoms with Crippen LogP contribution < -0.4 is 25.1 Å². The third-order valence-corrected chi connectivity index (χ3v) is 4.90. The molecule has 9 heteroatoms. The number of rotatable bonds is 11. The predicted molar refractivity (Wildman–Crippen MR) is 127 cm³/mol. The number of carbonyl (C=O) groups is 2. The monoisotopic (exact) mass is 465 g/mol. The molecule has 0 unspecified atom stereocenters. The number of ketones is 1. The lowest BCUT2D eigenvalue weighted by molar-refractivity contribution is -0.123. The summed E-state index contributed by atoms with van der Waals surface area (Å²) in [5, 5.41) is 7.09. The van der Waals surface area contributed by atoms with Crippen LogP contribution in [0.3, 0.4) is 0 Å².